The maximum absolute atomic E-state index is 5.73. The van der Waals surface area contributed by atoms with Gasteiger partial charge in [-0.05, 0) is 36.7 Å². The zero-order valence-electron chi connectivity index (χ0n) is 12.3. The summed E-state index contributed by atoms with van der Waals surface area (Å²) in [6.45, 7) is 7.62. The number of nitrogens with two attached hydrogens (primary N) is 1. The molecule has 0 saturated heterocycles. The van der Waals surface area contributed by atoms with Gasteiger partial charge in [0, 0.05) is 31.4 Å². The van der Waals surface area contributed by atoms with E-state index in [4.69, 9.17) is 18.0 Å². The lowest BCUT2D eigenvalue weighted by atomic mass is 10.2. The number of aromatic nitrogens is 1. The number of rotatable bonds is 5. The van der Waals surface area contributed by atoms with Crippen molar-refractivity contribution in [1.82, 2.24) is 15.6 Å². The first-order valence-electron chi connectivity index (χ1n) is 6.74. The molecule has 0 bridgehead atoms. The average Bonchev–Trinajstić information content (AvgIpc) is 2.38. The van der Waals surface area contributed by atoms with Crippen molar-refractivity contribution in [3.63, 3.8) is 0 Å². The van der Waals surface area contributed by atoms with E-state index in [0.29, 0.717) is 30.1 Å². The lowest BCUT2D eigenvalue weighted by Gasteiger charge is -2.10. The molecular weight excluding hydrogens is 270 g/mol. The molecule has 0 spiro atoms. The molecule has 0 aliphatic carbocycles. The SMILES string of the molecule is Cc1cccnc1CCNC(=S)NC(N)=NCC(C)C. The number of nitrogens with one attached hydrogen (secondary N) is 2. The summed E-state index contributed by atoms with van der Waals surface area (Å²) in [6, 6.07) is 3.99. The summed E-state index contributed by atoms with van der Waals surface area (Å²) in [7, 11) is 0. The highest BCUT2D eigenvalue weighted by atomic mass is 32.1. The van der Waals surface area contributed by atoms with Gasteiger partial charge in [0.1, 0.15) is 0 Å². The lowest BCUT2D eigenvalue weighted by Crippen LogP contribution is -2.44. The van der Waals surface area contributed by atoms with Crippen molar-refractivity contribution in [1.29, 1.82) is 0 Å². The van der Waals surface area contributed by atoms with Crippen LogP contribution in [0, 0.1) is 12.8 Å². The van der Waals surface area contributed by atoms with E-state index in [1.807, 2.05) is 6.07 Å². The summed E-state index contributed by atoms with van der Waals surface area (Å²) in [4.78, 5) is 8.52. The standard InChI is InChI=1S/C14H23N5S/c1-10(2)9-18-13(15)19-14(20)17-8-6-12-11(3)5-4-7-16-12/h4-5,7,10H,6,8-9H2,1-3H3,(H4,15,17,18,19,20). The highest BCUT2D eigenvalue weighted by Crippen LogP contribution is 2.02. The Kier molecular flexibility index (Phi) is 6.93. The second kappa shape index (κ2) is 8.47. The van der Waals surface area contributed by atoms with E-state index in [1.165, 1.54) is 5.56 Å². The van der Waals surface area contributed by atoms with Crippen LogP contribution in [-0.4, -0.2) is 29.1 Å². The van der Waals surface area contributed by atoms with Crippen LogP contribution in [0.3, 0.4) is 0 Å². The van der Waals surface area contributed by atoms with Gasteiger partial charge in [0.25, 0.3) is 0 Å². The van der Waals surface area contributed by atoms with Crippen molar-refractivity contribution in [3.05, 3.63) is 29.6 Å². The zero-order valence-corrected chi connectivity index (χ0v) is 13.1. The molecule has 0 aliphatic rings. The maximum Gasteiger partial charge on any atom is 0.194 e. The number of thiocarbonyl (C=S) groups is 1. The molecule has 0 fully saturated rings. The van der Waals surface area contributed by atoms with Crippen molar-refractivity contribution in [2.45, 2.75) is 27.2 Å². The summed E-state index contributed by atoms with van der Waals surface area (Å²) in [5.41, 5.74) is 7.99. The van der Waals surface area contributed by atoms with Crippen LogP contribution >= 0.6 is 12.2 Å². The molecule has 6 heteroatoms. The summed E-state index contributed by atoms with van der Waals surface area (Å²) in [6.07, 6.45) is 2.62. The molecule has 0 unspecified atom stereocenters. The van der Waals surface area contributed by atoms with Gasteiger partial charge >= 0.3 is 0 Å². The number of nitrogens with zero attached hydrogens (tertiary/aromatic N) is 2. The molecule has 0 atom stereocenters. The van der Waals surface area contributed by atoms with Crippen LogP contribution in [0.5, 0.6) is 0 Å². The topological polar surface area (TPSA) is 75.3 Å². The summed E-state index contributed by atoms with van der Waals surface area (Å²) >= 11 is 5.15. The van der Waals surface area contributed by atoms with Crippen molar-refractivity contribution >= 4 is 23.3 Å². The normalized spacial score (nSPS) is 11.5. The Balaban J connectivity index is 2.30. The van der Waals surface area contributed by atoms with E-state index in [1.54, 1.807) is 6.20 Å². The number of pyridine rings is 1. The Morgan fingerprint density at radius 2 is 2.25 bits per heavy atom. The molecule has 1 aromatic rings. The van der Waals surface area contributed by atoms with Gasteiger partial charge in [0.05, 0.1) is 0 Å². The number of guanidine groups is 1. The van der Waals surface area contributed by atoms with Crippen LogP contribution in [-0.2, 0) is 6.42 Å². The Labute approximate surface area is 126 Å². The lowest BCUT2D eigenvalue weighted by molar-refractivity contribution is 0.663. The third-order valence-electron chi connectivity index (χ3n) is 2.63. The van der Waals surface area contributed by atoms with Crippen LogP contribution < -0.4 is 16.4 Å². The molecule has 0 saturated carbocycles. The first-order valence-corrected chi connectivity index (χ1v) is 7.15. The molecule has 1 heterocycles. The fourth-order valence-electron chi connectivity index (χ4n) is 1.56. The minimum absolute atomic E-state index is 0.352. The van der Waals surface area contributed by atoms with Gasteiger partial charge in [-0.2, -0.15) is 0 Å². The number of aryl methyl sites for hydroxylation is 1. The smallest absolute Gasteiger partial charge is 0.194 e. The zero-order chi connectivity index (χ0) is 15.0. The van der Waals surface area contributed by atoms with Gasteiger partial charge in [0.15, 0.2) is 11.1 Å². The highest BCUT2D eigenvalue weighted by molar-refractivity contribution is 7.80. The van der Waals surface area contributed by atoms with Crippen molar-refractivity contribution in [3.8, 4) is 0 Å². The Morgan fingerprint density at radius 3 is 2.90 bits per heavy atom. The predicted octanol–water partition coefficient (Wildman–Crippen LogP) is 1.37. The summed E-state index contributed by atoms with van der Waals surface area (Å²) < 4.78 is 0. The molecular formula is C14H23N5S. The minimum atomic E-state index is 0.352. The third kappa shape index (κ3) is 6.47. The molecule has 0 aromatic carbocycles. The van der Waals surface area contributed by atoms with E-state index >= 15 is 0 Å². The van der Waals surface area contributed by atoms with Crippen LogP contribution in [0.25, 0.3) is 0 Å². The van der Waals surface area contributed by atoms with E-state index in [-0.39, 0.29) is 0 Å². The van der Waals surface area contributed by atoms with Crippen molar-refractivity contribution in [2.24, 2.45) is 16.6 Å². The molecule has 0 radical (unpaired) electrons. The third-order valence-corrected chi connectivity index (χ3v) is 2.88. The number of aliphatic imine (C=N–C) groups is 1. The van der Waals surface area contributed by atoms with Crippen molar-refractivity contribution in [2.75, 3.05) is 13.1 Å². The largest absolute Gasteiger partial charge is 0.370 e. The molecule has 1 aromatic heterocycles. The molecule has 110 valence electrons. The summed E-state index contributed by atoms with van der Waals surface area (Å²) in [5, 5.41) is 6.45. The fourth-order valence-corrected chi connectivity index (χ4v) is 1.76. The van der Waals surface area contributed by atoms with Crippen LogP contribution in [0.1, 0.15) is 25.1 Å². The molecule has 20 heavy (non-hydrogen) atoms. The van der Waals surface area contributed by atoms with Gasteiger partial charge in [-0.25, -0.2) is 0 Å². The number of hydrogen-bond acceptors (Lipinski definition) is 3. The average molecular weight is 293 g/mol. The maximum atomic E-state index is 5.73. The van der Waals surface area contributed by atoms with Gasteiger partial charge in [-0.1, -0.05) is 19.9 Å². The Morgan fingerprint density at radius 1 is 1.50 bits per heavy atom. The Bertz CT molecular complexity index is 470. The van der Waals surface area contributed by atoms with E-state index in [2.05, 4.69) is 47.4 Å². The monoisotopic (exact) mass is 293 g/mol. The Hall–Kier alpha value is -1.69. The van der Waals surface area contributed by atoms with Gasteiger partial charge < -0.3 is 16.4 Å². The first-order chi connectivity index (χ1) is 9.49. The fraction of sp³-hybridized carbons (Fsp3) is 0.500. The van der Waals surface area contributed by atoms with E-state index in [0.717, 1.165) is 12.1 Å². The van der Waals surface area contributed by atoms with Gasteiger partial charge in [-0.3, -0.25) is 9.98 Å². The van der Waals surface area contributed by atoms with E-state index in [9.17, 15) is 0 Å². The summed E-state index contributed by atoms with van der Waals surface area (Å²) in [5.74, 6) is 0.828. The van der Waals surface area contributed by atoms with Crippen LogP contribution in [0.2, 0.25) is 0 Å². The molecule has 1 rings (SSSR count). The molecule has 0 aliphatic heterocycles. The predicted molar refractivity (Wildman–Crippen MR) is 87.7 cm³/mol. The quantitative estimate of drug-likeness (QED) is 0.434. The number of hydrogen-bond donors (Lipinski definition) is 3. The van der Waals surface area contributed by atoms with E-state index < -0.39 is 0 Å². The highest BCUT2D eigenvalue weighted by Gasteiger charge is 2.01. The van der Waals surface area contributed by atoms with Crippen LogP contribution in [0.4, 0.5) is 0 Å². The van der Waals surface area contributed by atoms with Crippen LogP contribution in [0.15, 0.2) is 23.3 Å². The van der Waals surface area contributed by atoms with Gasteiger partial charge in [0.2, 0.25) is 0 Å². The first kappa shape index (κ1) is 16.4. The molecule has 5 nitrogen and oxygen atoms in total. The second-order valence-corrected chi connectivity index (χ2v) is 5.43. The van der Waals surface area contributed by atoms with Gasteiger partial charge in [-0.15, -0.1) is 0 Å². The second-order valence-electron chi connectivity index (χ2n) is 5.02. The van der Waals surface area contributed by atoms with Crippen molar-refractivity contribution < 1.29 is 0 Å². The molecule has 0 amide bonds. The minimum Gasteiger partial charge on any atom is -0.370 e. The molecule has 4 N–H and O–H groups in total.